The third-order valence-electron chi connectivity index (χ3n) is 3.90. The lowest BCUT2D eigenvalue weighted by Crippen LogP contribution is -2.62. The monoisotopic (exact) mass is 410 g/mol. The number of rotatable bonds is 6. The van der Waals surface area contributed by atoms with Gasteiger partial charge >= 0.3 is 23.9 Å². The minimum Gasteiger partial charge on any atom is -0.459 e. The van der Waals surface area contributed by atoms with Crippen molar-refractivity contribution in [1.29, 1.82) is 0 Å². The van der Waals surface area contributed by atoms with Crippen LogP contribution in [0.5, 0.6) is 0 Å². The molecule has 1 aromatic carbocycles. The molecule has 29 heavy (non-hydrogen) atoms. The highest BCUT2D eigenvalue weighted by Crippen LogP contribution is 2.28. The minimum absolute atomic E-state index is 0.280. The van der Waals surface area contributed by atoms with Gasteiger partial charge in [-0.05, 0) is 12.1 Å². The maximum absolute atomic E-state index is 12.2. The van der Waals surface area contributed by atoms with Gasteiger partial charge in [0.15, 0.2) is 24.6 Å². The fourth-order valence-corrected chi connectivity index (χ4v) is 2.82. The van der Waals surface area contributed by atoms with Gasteiger partial charge in [0.1, 0.15) is 12.7 Å². The van der Waals surface area contributed by atoms with Gasteiger partial charge in [0.2, 0.25) is 0 Å². The van der Waals surface area contributed by atoms with E-state index in [0.717, 1.165) is 20.8 Å². The van der Waals surface area contributed by atoms with E-state index in [-0.39, 0.29) is 5.56 Å². The fraction of sp³-hybridized carbons (Fsp3) is 0.474. The third-order valence-corrected chi connectivity index (χ3v) is 3.90. The average molecular weight is 410 g/mol. The molecule has 0 radical (unpaired) electrons. The topological polar surface area (TPSA) is 135 Å². The summed E-state index contributed by atoms with van der Waals surface area (Å²) >= 11 is 0. The summed E-state index contributed by atoms with van der Waals surface area (Å²) < 4.78 is 25.8. The van der Waals surface area contributed by atoms with Crippen LogP contribution in [0, 0.1) is 0 Å². The number of aliphatic hydroxyl groups is 1. The zero-order valence-corrected chi connectivity index (χ0v) is 16.1. The van der Waals surface area contributed by atoms with Crippen LogP contribution in [0.25, 0.3) is 0 Å². The van der Waals surface area contributed by atoms with Gasteiger partial charge in [0.25, 0.3) is 0 Å². The summed E-state index contributed by atoms with van der Waals surface area (Å²) in [6, 6.07) is 8.12. The molecule has 1 saturated heterocycles. The van der Waals surface area contributed by atoms with Crippen molar-refractivity contribution in [2.45, 2.75) is 51.5 Å². The molecule has 1 aliphatic rings. The summed E-state index contributed by atoms with van der Waals surface area (Å²) in [4.78, 5) is 46.6. The first kappa shape index (κ1) is 22.3. The molecule has 0 saturated carbocycles. The predicted octanol–water partition coefficient (Wildman–Crippen LogP) is 0.356. The molecule has 1 aliphatic heterocycles. The van der Waals surface area contributed by atoms with Crippen molar-refractivity contribution < 1.29 is 48.0 Å². The van der Waals surface area contributed by atoms with Crippen molar-refractivity contribution in [3.8, 4) is 0 Å². The molecule has 5 atom stereocenters. The standard InChI is InChI=1S/C19H22O10/c1-10(20)26-15-14(9-25-18(23)13-7-5-4-6-8-13)29-19(24)17(28-12(3)22)16(15)27-11(2)21/h4-8,14-17,19,24H,9H2,1-3H3/t14-,15+,16+,17-,19+/m1/s1. The van der Waals surface area contributed by atoms with Crippen molar-refractivity contribution >= 4 is 23.9 Å². The quantitative estimate of drug-likeness (QED) is 0.517. The minimum atomic E-state index is -1.71. The van der Waals surface area contributed by atoms with Gasteiger partial charge in [-0.2, -0.15) is 0 Å². The number of carbonyl (C=O) groups excluding carboxylic acids is 4. The Labute approximate surface area is 166 Å². The molecule has 1 aromatic rings. The number of hydrogen-bond acceptors (Lipinski definition) is 10. The van der Waals surface area contributed by atoms with Crippen molar-refractivity contribution in [3.63, 3.8) is 0 Å². The molecule has 158 valence electrons. The Bertz CT molecular complexity index is 747. The Morgan fingerprint density at radius 1 is 0.862 bits per heavy atom. The maximum Gasteiger partial charge on any atom is 0.338 e. The summed E-state index contributed by atoms with van der Waals surface area (Å²) in [7, 11) is 0. The molecule has 1 heterocycles. The second-order valence-corrected chi connectivity index (χ2v) is 6.25. The molecule has 1 N–H and O–H groups in total. The summed E-state index contributed by atoms with van der Waals surface area (Å²) in [5.74, 6) is -2.95. The molecule has 2 rings (SSSR count). The third kappa shape index (κ3) is 6.26. The van der Waals surface area contributed by atoms with Crippen LogP contribution in [0.1, 0.15) is 31.1 Å². The van der Waals surface area contributed by atoms with Crippen LogP contribution in [-0.4, -0.2) is 66.3 Å². The van der Waals surface area contributed by atoms with Gasteiger partial charge in [-0.15, -0.1) is 0 Å². The molecule has 0 bridgehead atoms. The zero-order valence-electron chi connectivity index (χ0n) is 16.1. The van der Waals surface area contributed by atoms with Crippen molar-refractivity contribution in [2.75, 3.05) is 6.61 Å². The first-order chi connectivity index (χ1) is 13.7. The highest BCUT2D eigenvalue weighted by molar-refractivity contribution is 5.89. The molecule has 0 aliphatic carbocycles. The molecule has 10 nitrogen and oxygen atoms in total. The van der Waals surface area contributed by atoms with Crippen molar-refractivity contribution in [3.05, 3.63) is 35.9 Å². The van der Waals surface area contributed by atoms with E-state index in [1.54, 1.807) is 30.3 Å². The Balaban J connectivity index is 2.22. The summed E-state index contributed by atoms with van der Waals surface area (Å²) in [5, 5.41) is 10.2. The number of ether oxygens (including phenoxy) is 5. The van der Waals surface area contributed by atoms with Crippen LogP contribution in [0.2, 0.25) is 0 Å². The Morgan fingerprint density at radius 3 is 1.93 bits per heavy atom. The fourth-order valence-electron chi connectivity index (χ4n) is 2.82. The Kier molecular flexibility index (Phi) is 7.68. The summed E-state index contributed by atoms with van der Waals surface area (Å²) in [6.45, 7) is 2.88. The normalized spacial score (nSPS) is 26.1. The largest absolute Gasteiger partial charge is 0.459 e. The molecule has 0 aromatic heterocycles. The van der Waals surface area contributed by atoms with E-state index in [9.17, 15) is 24.3 Å². The van der Waals surface area contributed by atoms with Gasteiger partial charge < -0.3 is 28.8 Å². The van der Waals surface area contributed by atoms with Crippen LogP contribution >= 0.6 is 0 Å². The van der Waals surface area contributed by atoms with Gasteiger partial charge in [-0.1, -0.05) is 18.2 Å². The van der Waals surface area contributed by atoms with E-state index in [1.807, 2.05) is 0 Å². The van der Waals surface area contributed by atoms with E-state index in [1.165, 1.54) is 0 Å². The zero-order chi connectivity index (χ0) is 21.6. The van der Waals surface area contributed by atoms with Gasteiger partial charge in [0, 0.05) is 20.8 Å². The van der Waals surface area contributed by atoms with Gasteiger partial charge in [-0.3, -0.25) is 14.4 Å². The summed E-state index contributed by atoms with van der Waals surface area (Å²) in [6.07, 6.45) is -7.01. The van der Waals surface area contributed by atoms with Gasteiger partial charge in [0.05, 0.1) is 5.56 Å². The number of benzene rings is 1. The molecule has 0 amide bonds. The van der Waals surface area contributed by atoms with E-state index in [4.69, 9.17) is 23.7 Å². The molecule has 0 spiro atoms. The lowest BCUT2D eigenvalue weighted by molar-refractivity contribution is -0.295. The second kappa shape index (κ2) is 9.99. The molecular formula is C19H22O10. The second-order valence-electron chi connectivity index (χ2n) is 6.25. The highest BCUT2D eigenvalue weighted by atomic mass is 16.7. The number of carbonyl (C=O) groups is 4. The van der Waals surface area contributed by atoms with Crippen LogP contribution in [0.15, 0.2) is 30.3 Å². The molecule has 1 fully saturated rings. The van der Waals surface area contributed by atoms with Crippen LogP contribution < -0.4 is 0 Å². The van der Waals surface area contributed by atoms with E-state index < -0.39 is 61.2 Å². The maximum atomic E-state index is 12.2. The SMILES string of the molecule is CC(=O)O[C@@H]1[C@@H](OC(C)=O)[C@@H](O)O[C@H](COC(=O)c2ccccc2)[C@@H]1OC(C)=O. The Morgan fingerprint density at radius 2 is 1.38 bits per heavy atom. The van der Waals surface area contributed by atoms with Crippen LogP contribution in [-0.2, 0) is 38.1 Å². The van der Waals surface area contributed by atoms with Gasteiger partial charge in [-0.25, -0.2) is 4.79 Å². The Hall–Kier alpha value is -2.98. The number of hydrogen-bond donors (Lipinski definition) is 1. The summed E-state index contributed by atoms with van der Waals surface area (Å²) in [5.41, 5.74) is 0.280. The lowest BCUT2D eigenvalue weighted by Gasteiger charge is -2.42. The lowest BCUT2D eigenvalue weighted by atomic mass is 9.98. The molecule has 0 unspecified atom stereocenters. The van der Waals surface area contributed by atoms with E-state index in [0.29, 0.717) is 0 Å². The predicted molar refractivity (Wildman–Crippen MR) is 94.3 cm³/mol. The number of aliphatic hydroxyl groups excluding tert-OH is 1. The van der Waals surface area contributed by atoms with E-state index >= 15 is 0 Å². The first-order valence-electron chi connectivity index (χ1n) is 8.76. The first-order valence-corrected chi connectivity index (χ1v) is 8.76. The molecule has 10 heteroatoms. The van der Waals surface area contributed by atoms with Crippen molar-refractivity contribution in [1.82, 2.24) is 0 Å². The highest BCUT2D eigenvalue weighted by Gasteiger charge is 2.51. The van der Waals surface area contributed by atoms with Crippen LogP contribution in [0.3, 0.4) is 0 Å². The van der Waals surface area contributed by atoms with Crippen LogP contribution in [0.4, 0.5) is 0 Å². The smallest absolute Gasteiger partial charge is 0.338 e. The molecular weight excluding hydrogens is 388 g/mol. The number of esters is 4. The van der Waals surface area contributed by atoms with Crippen molar-refractivity contribution in [2.24, 2.45) is 0 Å². The average Bonchev–Trinajstić information content (AvgIpc) is 2.65. The van der Waals surface area contributed by atoms with E-state index in [2.05, 4.69) is 0 Å².